The number of methoxy groups -OCH3 is 1. The first-order valence-electron chi connectivity index (χ1n) is 7.78. The second-order valence-corrected chi connectivity index (χ2v) is 6.02. The maximum absolute atomic E-state index is 6.32. The van der Waals surface area contributed by atoms with Crippen LogP contribution in [0.15, 0.2) is 24.3 Å². The Morgan fingerprint density at radius 1 is 1.30 bits per heavy atom. The molecule has 1 aliphatic rings. The van der Waals surface area contributed by atoms with Gasteiger partial charge in [0.15, 0.2) is 0 Å². The topological polar surface area (TPSA) is 38.5 Å². The van der Waals surface area contributed by atoms with Crippen LogP contribution in [0.2, 0.25) is 0 Å². The minimum absolute atomic E-state index is 0.114. The van der Waals surface area contributed by atoms with E-state index in [2.05, 4.69) is 36.9 Å². The summed E-state index contributed by atoms with van der Waals surface area (Å²) >= 11 is 0. The molecule has 1 aromatic rings. The van der Waals surface area contributed by atoms with E-state index in [0.717, 1.165) is 12.3 Å². The van der Waals surface area contributed by atoms with Gasteiger partial charge in [-0.25, -0.2) is 0 Å². The summed E-state index contributed by atoms with van der Waals surface area (Å²) in [6.07, 6.45) is 5.22. The van der Waals surface area contributed by atoms with Crippen LogP contribution in [0.5, 0.6) is 5.75 Å². The van der Waals surface area contributed by atoms with E-state index in [4.69, 9.17) is 10.5 Å². The Kier molecular flexibility index (Phi) is 5.44. The van der Waals surface area contributed by atoms with Gasteiger partial charge in [0.25, 0.3) is 0 Å². The van der Waals surface area contributed by atoms with Gasteiger partial charge in [-0.05, 0) is 50.9 Å². The van der Waals surface area contributed by atoms with Gasteiger partial charge in [0.1, 0.15) is 5.75 Å². The van der Waals surface area contributed by atoms with Crippen molar-refractivity contribution in [2.45, 2.75) is 57.7 Å². The molecule has 0 radical (unpaired) electrons. The molecule has 3 unspecified atom stereocenters. The molecule has 112 valence electrons. The smallest absolute Gasteiger partial charge is 0.119 e. The maximum Gasteiger partial charge on any atom is 0.119 e. The maximum atomic E-state index is 6.32. The second-order valence-electron chi connectivity index (χ2n) is 6.02. The second kappa shape index (κ2) is 7.09. The highest BCUT2D eigenvalue weighted by Gasteiger charge is 2.28. The molecule has 20 heavy (non-hydrogen) atoms. The quantitative estimate of drug-likeness (QED) is 0.916. The zero-order valence-electron chi connectivity index (χ0n) is 13.0. The fourth-order valence-corrected chi connectivity index (χ4v) is 3.33. The molecule has 2 rings (SSSR count). The summed E-state index contributed by atoms with van der Waals surface area (Å²) in [4.78, 5) is 2.59. The number of hydrogen-bond acceptors (Lipinski definition) is 3. The number of nitrogens with zero attached hydrogens (tertiary/aromatic N) is 1. The number of ether oxygens (including phenoxy) is 1. The predicted octanol–water partition coefficient (Wildman–Crippen LogP) is 3.35. The van der Waals surface area contributed by atoms with Gasteiger partial charge in [-0.1, -0.05) is 25.0 Å². The summed E-state index contributed by atoms with van der Waals surface area (Å²) in [7, 11) is 1.72. The van der Waals surface area contributed by atoms with Crippen molar-refractivity contribution in [2.75, 3.05) is 13.7 Å². The molecule has 0 bridgehead atoms. The number of nitrogens with two attached hydrogens (primary N) is 1. The van der Waals surface area contributed by atoms with Gasteiger partial charge in [0.05, 0.1) is 13.2 Å². The summed E-state index contributed by atoms with van der Waals surface area (Å²) in [6.45, 7) is 5.59. The van der Waals surface area contributed by atoms with E-state index >= 15 is 0 Å². The molecule has 2 N–H and O–H groups in total. The van der Waals surface area contributed by atoms with Crippen LogP contribution >= 0.6 is 0 Å². The highest BCUT2D eigenvalue weighted by atomic mass is 16.5. The average molecular weight is 276 g/mol. The van der Waals surface area contributed by atoms with E-state index in [1.807, 2.05) is 6.07 Å². The highest BCUT2D eigenvalue weighted by molar-refractivity contribution is 5.31. The molecule has 1 aromatic carbocycles. The SMILES string of the molecule is COc1cccc(C(C(C)N)N2CCCCCC2C)c1. The van der Waals surface area contributed by atoms with E-state index in [1.54, 1.807) is 7.11 Å². The fourth-order valence-electron chi connectivity index (χ4n) is 3.33. The van der Waals surface area contributed by atoms with Crippen LogP contribution in [0.3, 0.4) is 0 Å². The van der Waals surface area contributed by atoms with Gasteiger partial charge >= 0.3 is 0 Å². The number of rotatable bonds is 4. The first kappa shape index (κ1) is 15.3. The minimum Gasteiger partial charge on any atom is -0.497 e. The van der Waals surface area contributed by atoms with Gasteiger partial charge < -0.3 is 10.5 Å². The standard InChI is InChI=1S/C17H28N2O/c1-13-8-5-4-6-11-19(13)17(14(2)18)15-9-7-10-16(12-15)20-3/h7,9-10,12-14,17H,4-6,8,11,18H2,1-3H3. The summed E-state index contributed by atoms with van der Waals surface area (Å²) in [5.41, 5.74) is 7.59. The third-order valence-corrected chi connectivity index (χ3v) is 4.40. The van der Waals surface area contributed by atoms with Crippen molar-refractivity contribution in [3.05, 3.63) is 29.8 Å². The molecule has 0 aliphatic carbocycles. The molecule has 0 saturated carbocycles. The minimum atomic E-state index is 0.114. The summed E-state index contributed by atoms with van der Waals surface area (Å²) in [5, 5.41) is 0. The van der Waals surface area contributed by atoms with Crippen molar-refractivity contribution in [3.8, 4) is 5.75 Å². The lowest BCUT2D eigenvalue weighted by molar-refractivity contribution is 0.130. The van der Waals surface area contributed by atoms with Crippen LogP contribution < -0.4 is 10.5 Å². The molecular formula is C17H28N2O. The molecule has 1 fully saturated rings. The molecular weight excluding hydrogens is 248 g/mol. The van der Waals surface area contributed by atoms with Gasteiger partial charge in [-0.15, -0.1) is 0 Å². The van der Waals surface area contributed by atoms with Crippen LogP contribution in [-0.2, 0) is 0 Å². The van der Waals surface area contributed by atoms with E-state index in [9.17, 15) is 0 Å². The Balaban J connectivity index is 2.29. The van der Waals surface area contributed by atoms with E-state index in [-0.39, 0.29) is 12.1 Å². The molecule has 3 atom stereocenters. The van der Waals surface area contributed by atoms with E-state index < -0.39 is 0 Å². The van der Waals surface area contributed by atoms with Crippen LogP contribution in [0.1, 0.15) is 51.1 Å². The third-order valence-electron chi connectivity index (χ3n) is 4.40. The lowest BCUT2D eigenvalue weighted by Crippen LogP contribution is -2.44. The first-order valence-corrected chi connectivity index (χ1v) is 7.78. The Bertz CT molecular complexity index is 419. The Morgan fingerprint density at radius 2 is 2.10 bits per heavy atom. The van der Waals surface area contributed by atoms with Crippen LogP contribution in [0.25, 0.3) is 0 Å². The number of likely N-dealkylation sites (tertiary alicyclic amines) is 1. The van der Waals surface area contributed by atoms with Crippen molar-refractivity contribution in [1.82, 2.24) is 4.90 Å². The van der Waals surface area contributed by atoms with Gasteiger partial charge in [-0.3, -0.25) is 4.90 Å². The zero-order valence-corrected chi connectivity index (χ0v) is 13.0. The van der Waals surface area contributed by atoms with Crippen molar-refractivity contribution in [3.63, 3.8) is 0 Å². The van der Waals surface area contributed by atoms with Gasteiger partial charge in [-0.2, -0.15) is 0 Å². The fraction of sp³-hybridized carbons (Fsp3) is 0.647. The monoisotopic (exact) mass is 276 g/mol. The molecule has 0 amide bonds. The lowest BCUT2D eigenvalue weighted by atomic mass is 9.97. The third kappa shape index (κ3) is 3.53. The Hall–Kier alpha value is -1.06. The zero-order chi connectivity index (χ0) is 14.5. The first-order chi connectivity index (χ1) is 9.63. The van der Waals surface area contributed by atoms with Crippen LogP contribution in [0, 0.1) is 0 Å². The summed E-state index contributed by atoms with van der Waals surface area (Å²) in [6, 6.07) is 9.35. The van der Waals surface area contributed by atoms with E-state index in [1.165, 1.54) is 31.2 Å². The molecule has 0 aromatic heterocycles. The van der Waals surface area contributed by atoms with Crippen LogP contribution in [-0.4, -0.2) is 30.6 Å². The van der Waals surface area contributed by atoms with Gasteiger partial charge in [0.2, 0.25) is 0 Å². The van der Waals surface area contributed by atoms with Gasteiger partial charge in [0, 0.05) is 12.1 Å². The van der Waals surface area contributed by atoms with Crippen LogP contribution in [0.4, 0.5) is 0 Å². The normalized spacial score (nSPS) is 23.9. The Labute approximate surface area is 123 Å². The number of benzene rings is 1. The largest absolute Gasteiger partial charge is 0.497 e. The molecule has 3 nitrogen and oxygen atoms in total. The summed E-state index contributed by atoms with van der Waals surface area (Å²) < 4.78 is 5.36. The Morgan fingerprint density at radius 3 is 2.80 bits per heavy atom. The predicted molar refractivity (Wildman–Crippen MR) is 84.0 cm³/mol. The molecule has 0 spiro atoms. The molecule has 1 saturated heterocycles. The molecule has 1 aliphatic heterocycles. The van der Waals surface area contributed by atoms with Crippen molar-refractivity contribution >= 4 is 0 Å². The molecule has 3 heteroatoms. The van der Waals surface area contributed by atoms with Crippen molar-refractivity contribution in [1.29, 1.82) is 0 Å². The average Bonchev–Trinajstić information content (AvgIpc) is 2.65. The highest BCUT2D eigenvalue weighted by Crippen LogP contribution is 2.31. The van der Waals surface area contributed by atoms with E-state index in [0.29, 0.717) is 6.04 Å². The molecule has 1 heterocycles. The van der Waals surface area contributed by atoms with Crippen molar-refractivity contribution < 1.29 is 4.74 Å². The summed E-state index contributed by atoms with van der Waals surface area (Å²) in [5.74, 6) is 0.913. The van der Waals surface area contributed by atoms with Crippen molar-refractivity contribution in [2.24, 2.45) is 5.73 Å². The number of hydrogen-bond donors (Lipinski definition) is 1. The lowest BCUT2D eigenvalue weighted by Gasteiger charge is -2.38.